The average Bonchev–Trinajstić information content (AvgIpc) is 2.87. The van der Waals surface area contributed by atoms with Gasteiger partial charge in [-0.1, -0.05) is 23.7 Å². The predicted molar refractivity (Wildman–Crippen MR) is 83.1 cm³/mol. The average molecular weight is 312 g/mol. The molecule has 0 fully saturated rings. The summed E-state index contributed by atoms with van der Waals surface area (Å²) in [6.07, 6.45) is 6.71. The number of halogens is 1. The van der Waals surface area contributed by atoms with Gasteiger partial charge in [0.15, 0.2) is 5.65 Å². The Morgan fingerprint density at radius 2 is 1.91 bits per heavy atom. The highest BCUT2D eigenvalue weighted by atomic mass is 35.5. The summed E-state index contributed by atoms with van der Waals surface area (Å²) in [5, 5.41) is 5.04. The molecule has 7 heteroatoms. The van der Waals surface area contributed by atoms with Gasteiger partial charge in [-0.25, -0.2) is 9.50 Å². The van der Waals surface area contributed by atoms with Gasteiger partial charge in [0.2, 0.25) is 0 Å². The second-order valence-electron chi connectivity index (χ2n) is 4.79. The van der Waals surface area contributed by atoms with Crippen LogP contribution in [0.3, 0.4) is 0 Å². The van der Waals surface area contributed by atoms with Gasteiger partial charge in [0, 0.05) is 23.0 Å². The molecule has 0 atom stereocenters. The fourth-order valence-corrected chi connectivity index (χ4v) is 2.54. The smallest absolute Gasteiger partial charge is 0.273 e. The predicted octanol–water partition coefficient (Wildman–Crippen LogP) is 2.27. The monoisotopic (exact) mass is 311 g/mol. The van der Waals surface area contributed by atoms with E-state index in [9.17, 15) is 4.79 Å². The Bertz CT molecular complexity index is 914. The number of hydrogen-bond donors (Lipinski definition) is 2. The molecule has 108 valence electrons. The van der Waals surface area contributed by atoms with Gasteiger partial charge < -0.3 is 5.43 Å². The molecule has 1 aliphatic heterocycles. The van der Waals surface area contributed by atoms with E-state index in [2.05, 4.69) is 20.9 Å². The number of fused-ring (bicyclic) bond motifs is 3. The Morgan fingerprint density at radius 3 is 2.73 bits per heavy atom. The molecule has 3 aromatic rings. The standard InChI is InChI=1S/C15H10ClN5O/c16-10-3-1-9(2-4-10)11-8-19-21-13-5-6-18-20-15(22)12(13)7-17-14(11)21/h1-8,18H,(H,20,22). The molecule has 6 nitrogen and oxygen atoms in total. The van der Waals surface area contributed by atoms with E-state index in [4.69, 9.17) is 11.6 Å². The number of carbonyl (C=O) groups excluding carboxylic acids is 1. The number of aromatic nitrogens is 3. The van der Waals surface area contributed by atoms with E-state index in [1.54, 1.807) is 29.2 Å². The third-order valence-corrected chi connectivity index (χ3v) is 3.73. The van der Waals surface area contributed by atoms with E-state index < -0.39 is 0 Å². The molecule has 22 heavy (non-hydrogen) atoms. The van der Waals surface area contributed by atoms with Crippen LogP contribution in [0, 0.1) is 0 Å². The number of carbonyl (C=O) groups is 1. The van der Waals surface area contributed by atoms with Crippen LogP contribution < -0.4 is 10.9 Å². The topological polar surface area (TPSA) is 71.3 Å². The normalized spacial score (nSPS) is 13.4. The highest BCUT2D eigenvalue weighted by Gasteiger charge is 2.18. The van der Waals surface area contributed by atoms with Crippen LogP contribution in [0.15, 0.2) is 42.9 Å². The largest absolute Gasteiger partial charge is 0.306 e. The molecule has 0 aliphatic carbocycles. The van der Waals surface area contributed by atoms with E-state index in [1.165, 1.54) is 0 Å². The third kappa shape index (κ3) is 1.93. The zero-order chi connectivity index (χ0) is 15.1. The van der Waals surface area contributed by atoms with E-state index in [1.807, 2.05) is 24.3 Å². The lowest BCUT2D eigenvalue weighted by atomic mass is 10.1. The molecule has 0 bridgehead atoms. The summed E-state index contributed by atoms with van der Waals surface area (Å²) in [5.74, 6) is -0.252. The molecule has 2 N–H and O–H groups in total. The summed E-state index contributed by atoms with van der Waals surface area (Å²) < 4.78 is 1.66. The first-order chi connectivity index (χ1) is 10.7. The molecule has 4 rings (SSSR count). The number of benzene rings is 1. The summed E-state index contributed by atoms with van der Waals surface area (Å²) in [6, 6.07) is 7.47. The summed E-state index contributed by atoms with van der Waals surface area (Å²) in [5.41, 5.74) is 8.89. The lowest BCUT2D eigenvalue weighted by Crippen LogP contribution is -2.32. The van der Waals surface area contributed by atoms with E-state index in [0.717, 1.165) is 11.1 Å². The SMILES string of the molecule is O=C1NNC=Cc2c1cnc1c(-c3ccc(Cl)cc3)cnn21. The maximum atomic E-state index is 12.0. The molecule has 2 aromatic heterocycles. The van der Waals surface area contributed by atoms with Gasteiger partial charge in [-0.2, -0.15) is 5.10 Å². The Hall–Kier alpha value is -2.86. The van der Waals surface area contributed by atoms with Gasteiger partial charge >= 0.3 is 0 Å². The van der Waals surface area contributed by atoms with E-state index in [0.29, 0.717) is 21.9 Å². The Kier molecular flexibility index (Phi) is 2.83. The van der Waals surface area contributed by atoms with Crippen LogP contribution in [0.25, 0.3) is 22.9 Å². The van der Waals surface area contributed by atoms with Gasteiger partial charge in [0.1, 0.15) is 0 Å². The maximum absolute atomic E-state index is 12.0. The van der Waals surface area contributed by atoms with Crippen molar-refractivity contribution in [2.75, 3.05) is 0 Å². The molecular weight excluding hydrogens is 302 g/mol. The van der Waals surface area contributed by atoms with Crippen LogP contribution in [0.2, 0.25) is 5.02 Å². The van der Waals surface area contributed by atoms with Gasteiger partial charge in [0.05, 0.1) is 17.5 Å². The minimum Gasteiger partial charge on any atom is -0.306 e. The first-order valence-electron chi connectivity index (χ1n) is 6.59. The van der Waals surface area contributed by atoms with Crippen LogP contribution in [-0.4, -0.2) is 20.5 Å². The van der Waals surface area contributed by atoms with Crippen molar-refractivity contribution in [1.29, 1.82) is 0 Å². The molecule has 0 unspecified atom stereocenters. The number of rotatable bonds is 1. The molecule has 1 aromatic carbocycles. The van der Waals surface area contributed by atoms with Crippen molar-refractivity contribution in [3.63, 3.8) is 0 Å². The minimum atomic E-state index is -0.252. The van der Waals surface area contributed by atoms with Crippen molar-refractivity contribution >= 4 is 29.2 Å². The molecule has 1 amide bonds. The lowest BCUT2D eigenvalue weighted by molar-refractivity contribution is 0.0941. The number of amides is 1. The second kappa shape index (κ2) is 4.85. The molecule has 1 aliphatic rings. The number of nitrogens with zero attached hydrogens (tertiary/aromatic N) is 3. The summed E-state index contributed by atoms with van der Waals surface area (Å²) in [6.45, 7) is 0. The van der Waals surface area contributed by atoms with Crippen molar-refractivity contribution in [1.82, 2.24) is 25.4 Å². The Labute approximate surface area is 130 Å². The Balaban J connectivity index is 1.95. The molecule has 3 heterocycles. The van der Waals surface area contributed by atoms with Crippen LogP contribution in [0.5, 0.6) is 0 Å². The van der Waals surface area contributed by atoms with Crippen LogP contribution in [0.4, 0.5) is 0 Å². The highest BCUT2D eigenvalue weighted by molar-refractivity contribution is 6.30. The molecule has 0 saturated heterocycles. The second-order valence-corrected chi connectivity index (χ2v) is 5.23. The fraction of sp³-hybridized carbons (Fsp3) is 0. The quantitative estimate of drug-likeness (QED) is 0.723. The minimum absolute atomic E-state index is 0.252. The zero-order valence-corrected chi connectivity index (χ0v) is 12.0. The van der Waals surface area contributed by atoms with Crippen molar-refractivity contribution in [3.8, 4) is 11.1 Å². The molecule has 0 spiro atoms. The first kappa shape index (κ1) is 12.8. The maximum Gasteiger partial charge on any atom is 0.273 e. The Morgan fingerprint density at radius 1 is 1.09 bits per heavy atom. The van der Waals surface area contributed by atoms with Gasteiger partial charge in [-0.3, -0.25) is 10.2 Å². The lowest BCUT2D eigenvalue weighted by Gasteiger charge is -2.05. The highest BCUT2D eigenvalue weighted by Crippen LogP contribution is 2.26. The van der Waals surface area contributed by atoms with Crippen LogP contribution >= 0.6 is 11.6 Å². The fourth-order valence-electron chi connectivity index (χ4n) is 2.41. The van der Waals surface area contributed by atoms with Gasteiger partial charge in [-0.15, -0.1) is 0 Å². The number of hydrazine groups is 1. The first-order valence-corrected chi connectivity index (χ1v) is 6.97. The van der Waals surface area contributed by atoms with Crippen molar-refractivity contribution in [2.45, 2.75) is 0 Å². The number of hydrogen-bond acceptors (Lipinski definition) is 4. The summed E-state index contributed by atoms with van der Waals surface area (Å²) in [4.78, 5) is 16.3. The molecule has 0 radical (unpaired) electrons. The van der Waals surface area contributed by atoms with E-state index >= 15 is 0 Å². The third-order valence-electron chi connectivity index (χ3n) is 3.47. The summed E-state index contributed by atoms with van der Waals surface area (Å²) in [7, 11) is 0. The number of nitrogens with one attached hydrogen (secondary N) is 2. The molecule has 0 saturated carbocycles. The van der Waals surface area contributed by atoms with Gasteiger partial charge in [0.25, 0.3) is 5.91 Å². The van der Waals surface area contributed by atoms with Crippen molar-refractivity contribution in [2.24, 2.45) is 0 Å². The van der Waals surface area contributed by atoms with Crippen molar-refractivity contribution < 1.29 is 4.79 Å². The van der Waals surface area contributed by atoms with Crippen LogP contribution in [0.1, 0.15) is 16.1 Å². The van der Waals surface area contributed by atoms with Gasteiger partial charge in [-0.05, 0) is 23.8 Å². The zero-order valence-electron chi connectivity index (χ0n) is 11.2. The van der Waals surface area contributed by atoms with E-state index in [-0.39, 0.29) is 5.91 Å². The van der Waals surface area contributed by atoms with Crippen molar-refractivity contribution in [3.05, 3.63) is 59.1 Å². The van der Waals surface area contributed by atoms with Crippen LogP contribution in [-0.2, 0) is 0 Å². The summed E-state index contributed by atoms with van der Waals surface area (Å²) >= 11 is 5.92. The molecular formula is C15H10ClN5O.